The van der Waals surface area contributed by atoms with Crippen LogP contribution >= 0.6 is 12.6 Å². The lowest BCUT2D eigenvalue weighted by Crippen LogP contribution is -2.40. The minimum Gasteiger partial charge on any atom is -0.394 e. The number of halogens is 1. The lowest BCUT2D eigenvalue weighted by Gasteiger charge is -2.26. The molecule has 0 saturated carbocycles. The molecule has 2 aromatic rings. The van der Waals surface area contributed by atoms with Crippen LogP contribution in [0.15, 0.2) is 30.6 Å². The van der Waals surface area contributed by atoms with Crippen molar-refractivity contribution in [3.8, 4) is 5.69 Å². The molecule has 1 aromatic carbocycles. The molecule has 0 fully saturated rings. The second-order valence-electron chi connectivity index (χ2n) is 4.40. The number of carbonyl (C=O) groups excluding carboxylic acids is 1. The van der Waals surface area contributed by atoms with Crippen molar-refractivity contribution in [3.05, 3.63) is 42.0 Å². The van der Waals surface area contributed by atoms with E-state index < -0.39 is 17.8 Å². The molecule has 8 heteroatoms. The third-order valence-corrected chi connectivity index (χ3v) is 3.35. The van der Waals surface area contributed by atoms with Gasteiger partial charge in [0.1, 0.15) is 5.69 Å². The molecule has 21 heavy (non-hydrogen) atoms. The average molecular weight is 310 g/mol. The molecule has 0 aliphatic heterocycles. The number of para-hydroxylation sites is 1. The number of thiol groups is 1. The summed E-state index contributed by atoms with van der Waals surface area (Å²) in [4.78, 5) is 15.0. The predicted octanol–water partition coefficient (Wildman–Crippen LogP) is 1.12. The van der Waals surface area contributed by atoms with E-state index in [-0.39, 0.29) is 23.7 Å². The second kappa shape index (κ2) is 6.68. The summed E-state index contributed by atoms with van der Waals surface area (Å²) in [5.74, 6) is -0.950. The fourth-order valence-electron chi connectivity index (χ4n) is 1.88. The highest BCUT2D eigenvalue weighted by Gasteiger charge is 2.25. The van der Waals surface area contributed by atoms with Crippen molar-refractivity contribution in [2.45, 2.75) is 13.0 Å². The number of nitrogens with zero attached hydrogens (tertiary/aromatic N) is 4. The van der Waals surface area contributed by atoms with Gasteiger partial charge in [0, 0.05) is 0 Å². The molecule has 1 heterocycles. The maximum absolute atomic E-state index is 14.1. The summed E-state index contributed by atoms with van der Waals surface area (Å²) in [7, 11) is 0. The molecular weight excluding hydrogens is 295 g/mol. The van der Waals surface area contributed by atoms with Crippen molar-refractivity contribution < 1.29 is 14.3 Å². The zero-order chi connectivity index (χ0) is 15.4. The Hall–Kier alpha value is -1.93. The zero-order valence-corrected chi connectivity index (χ0v) is 12.2. The Morgan fingerprint density at radius 1 is 1.48 bits per heavy atom. The maximum atomic E-state index is 14.1. The zero-order valence-electron chi connectivity index (χ0n) is 11.3. The van der Waals surface area contributed by atoms with Crippen molar-refractivity contribution >= 4 is 18.5 Å². The number of benzene rings is 1. The fourth-order valence-corrected chi connectivity index (χ4v) is 2.29. The van der Waals surface area contributed by atoms with Gasteiger partial charge in [0.15, 0.2) is 5.82 Å². The first-order valence-corrected chi connectivity index (χ1v) is 6.91. The van der Waals surface area contributed by atoms with Gasteiger partial charge in [-0.25, -0.2) is 4.39 Å². The number of carbonyl (C=O) groups is 1. The quantitative estimate of drug-likeness (QED) is 0.641. The number of amides is 1. The minimum absolute atomic E-state index is 0.0237. The molecule has 1 N–H and O–H groups in total. The van der Waals surface area contributed by atoms with Crippen molar-refractivity contribution in [3.63, 3.8) is 0 Å². The van der Waals surface area contributed by atoms with E-state index in [0.29, 0.717) is 0 Å². The number of rotatable bonds is 5. The van der Waals surface area contributed by atoms with Gasteiger partial charge in [-0.2, -0.15) is 22.8 Å². The molecule has 0 saturated heterocycles. The number of hydrogen-bond acceptors (Lipinski definition) is 5. The van der Waals surface area contributed by atoms with E-state index in [4.69, 9.17) is 0 Å². The van der Waals surface area contributed by atoms with Gasteiger partial charge >= 0.3 is 0 Å². The van der Waals surface area contributed by atoms with Crippen molar-refractivity contribution in [2.75, 3.05) is 12.5 Å². The number of aliphatic hydroxyl groups excluding tert-OH is 1. The summed E-state index contributed by atoms with van der Waals surface area (Å²) in [6.45, 7) is 1.47. The van der Waals surface area contributed by atoms with Crippen LogP contribution in [0, 0.1) is 5.82 Å². The second-order valence-corrected chi connectivity index (χ2v) is 4.69. The van der Waals surface area contributed by atoms with E-state index >= 15 is 0 Å². The van der Waals surface area contributed by atoms with Crippen molar-refractivity contribution in [2.24, 2.45) is 0 Å². The highest BCUT2D eigenvalue weighted by atomic mass is 32.1. The third-order valence-electron chi connectivity index (χ3n) is 3.05. The van der Waals surface area contributed by atoms with Gasteiger partial charge < -0.3 is 10.0 Å². The summed E-state index contributed by atoms with van der Waals surface area (Å²) in [6.07, 6.45) is 2.79. The van der Waals surface area contributed by atoms with Gasteiger partial charge in [-0.3, -0.25) is 4.79 Å². The monoisotopic (exact) mass is 310 g/mol. The largest absolute Gasteiger partial charge is 0.394 e. The molecule has 1 unspecified atom stereocenters. The Kier molecular flexibility index (Phi) is 4.92. The first-order chi connectivity index (χ1) is 10.1. The van der Waals surface area contributed by atoms with E-state index in [1.54, 1.807) is 6.92 Å². The maximum Gasteiger partial charge on any atom is 0.257 e. The highest BCUT2D eigenvalue weighted by Crippen LogP contribution is 2.20. The minimum atomic E-state index is -0.604. The van der Waals surface area contributed by atoms with E-state index in [9.17, 15) is 14.3 Å². The van der Waals surface area contributed by atoms with Crippen LogP contribution in [0.3, 0.4) is 0 Å². The third kappa shape index (κ3) is 3.06. The Balaban J connectivity index is 2.49. The highest BCUT2D eigenvalue weighted by molar-refractivity contribution is 7.80. The van der Waals surface area contributed by atoms with E-state index in [2.05, 4.69) is 22.8 Å². The summed E-state index contributed by atoms with van der Waals surface area (Å²) in [5.41, 5.74) is 0.0879. The van der Waals surface area contributed by atoms with Crippen molar-refractivity contribution in [1.82, 2.24) is 19.9 Å². The van der Waals surface area contributed by atoms with Crippen LogP contribution in [-0.4, -0.2) is 49.4 Å². The Labute approximate surface area is 126 Å². The van der Waals surface area contributed by atoms with Crippen molar-refractivity contribution in [1.29, 1.82) is 0 Å². The predicted molar refractivity (Wildman–Crippen MR) is 77.9 cm³/mol. The summed E-state index contributed by atoms with van der Waals surface area (Å²) in [5, 5.41) is 16.9. The van der Waals surface area contributed by atoms with Crippen LogP contribution in [-0.2, 0) is 0 Å². The smallest absolute Gasteiger partial charge is 0.257 e. The topological polar surface area (TPSA) is 71.2 Å². The van der Waals surface area contributed by atoms with E-state index in [1.807, 2.05) is 0 Å². The molecular formula is C13H15FN4O2S. The normalized spacial score (nSPS) is 12.2. The molecule has 6 nitrogen and oxygen atoms in total. The average Bonchev–Trinajstić information content (AvgIpc) is 3.01. The Morgan fingerprint density at radius 3 is 2.71 bits per heavy atom. The molecule has 112 valence electrons. The van der Waals surface area contributed by atoms with Crippen LogP contribution in [0.1, 0.15) is 17.3 Å². The number of aliphatic hydroxyl groups is 1. The van der Waals surface area contributed by atoms with Gasteiger partial charge in [0.25, 0.3) is 5.91 Å². The van der Waals surface area contributed by atoms with Crippen LogP contribution < -0.4 is 0 Å². The molecule has 0 spiro atoms. The summed E-state index contributed by atoms with van der Waals surface area (Å²) < 4.78 is 14.1. The number of hydrogen-bond donors (Lipinski definition) is 2. The number of aromatic nitrogens is 3. The van der Waals surface area contributed by atoms with Crippen LogP contribution in [0.25, 0.3) is 5.69 Å². The van der Waals surface area contributed by atoms with Gasteiger partial charge in [-0.05, 0) is 19.1 Å². The van der Waals surface area contributed by atoms with Gasteiger partial charge in [-0.1, -0.05) is 6.07 Å². The molecule has 0 radical (unpaired) electrons. The van der Waals surface area contributed by atoms with Gasteiger partial charge in [-0.15, -0.1) is 4.80 Å². The molecule has 0 aliphatic carbocycles. The lowest BCUT2D eigenvalue weighted by molar-refractivity contribution is 0.0668. The molecule has 1 atom stereocenters. The summed E-state index contributed by atoms with van der Waals surface area (Å²) in [6, 6.07) is 3.73. The summed E-state index contributed by atoms with van der Waals surface area (Å²) >= 11 is 4.10. The van der Waals surface area contributed by atoms with E-state index in [0.717, 1.165) is 4.80 Å². The van der Waals surface area contributed by atoms with Gasteiger partial charge in [0.05, 0.1) is 36.5 Å². The SMILES string of the molecule is CC(CO)N(CS)C(=O)c1cccc(F)c1-n1nccn1. The molecule has 0 bridgehead atoms. The first kappa shape index (κ1) is 15.5. The molecule has 2 rings (SSSR count). The molecule has 1 aromatic heterocycles. The van der Waals surface area contributed by atoms with Crippen LogP contribution in [0.4, 0.5) is 4.39 Å². The molecule has 0 aliphatic rings. The fraction of sp³-hybridized carbons (Fsp3) is 0.308. The van der Waals surface area contributed by atoms with E-state index in [1.165, 1.54) is 35.5 Å². The standard InChI is InChI=1S/C13H15FN4O2S/c1-9(7-19)17(8-21)13(20)10-3-2-4-11(14)12(10)18-15-5-6-16-18/h2-6,9,19,21H,7-8H2,1H3. The Bertz CT molecular complexity index is 621. The van der Waals surface area contributed by atoms with Crippen LogP contribution in [0.5, 0.6) is 0 Å². The van der Waals surface area contributed by atoms with Crippen LogP contribution in [0.2, 0.25) is 0 Å². The lowest BCUT2D eigenvalue weighted by atomic mass is 10.1. The first-order valence-electron chi connectivity index (χ1n) is 6.28. The Morgan fingerprint density at radius 2 is 2.14 bits per heavy atom. The molecule has 1 amide bonds. The van der Waals surface area contributed by atoms with Gasteiger partial charge in [0.2, 0.25) is 0 Å².